The predicted molar refractivity (Wildman–Crippen MR) is 108 cm³/mol. The average Bonchev–Trinajstić information content (AvgIpc) is 3.14. The van der Waals surface area contributed by atoms with Crippen molar-refractivity contribution >= 4 is 23.5 Å². The summed E-state index contributed by atoms with van der Waals surface area (Å²) in [6, 6.07) is 16.5. The molecule has 144 valence electrons. The van der Waals surface area contributed by atoms with Crippen molar-refractivity contribution in [3.63, 3.8) is 0 Å². The molecule has 0 spiro atoms. The lowest BCUT2D eigenvalue weighted by Crippen LogP contribution is -2.34. The molecule has 2 aromatic carbocycles. The quantitative estimate of drug-likeness (QED) is 0.614. The molecule has 6 nitrogen and oxygen atoms in total. The molecule has 28 heavy (non-hydrogen) atoms. The number of amides is 1. The highest BCUT2D eigenvalue weighted by Crippen LogP contribution is 2.26. The number of para-hydroxylation sites is 1. The monoisotopic (exact) mass is 397 g/mol. The summed E-state index contributed by atoms with van der Waals surface area (Å²) in [7, 11) is 3.22. The maximum atomic E-state index is 12.8. The number of hydrogen-bond acceptors (Lipinski definition) is 4. The van der Waals surface area contributed by atoms with Gasteiger partial charge in [-0.25, -0.2) is 9.48 Å². The van der Waals surface area contributed by atoms with Crippen LogP contribution in [0.2, 0.25) is 5.02 Å². The van der Waals surface area contributed by atoms with Gasteiger partial charge in [0, 0.05) is 30.9 Å². The summed E-state index contributed by atoms with van der Waals surface area (Å²) in [5, 5.41) is 5.15. The molecule has 0 bridgehead atoms. The van der Waals surface area contributed by atoms with Crippen LogP contribution in [0.15, 0.2) is 60.8 Å². The van der Waals surface area contributed by atoms with Crippen LogP contribution in [0.3, 0.4) is 0 Å². The Kier molecular flexibility index (Phi) is 5.80. The normalized spacial score (nSPS) is 11.7. The minimum atomic E-state index is -0.902. The Bertz CT molecular complexity index is 982. The third kappa shape index (κ3) is 4.23. The van der Waals surface area contributed by atoms with Crippen LogP contribution in [0.5, 0.6) is 0 Å². The molecule has 0 N–H and O–H groups in total. The second-order valence-corrected chi connectivity index (χ2v) is 6.90. The van der Waals surface area contributed by atoms with Gasteiger partial charge in [0.15, 0.2) is 6.10 Å². The maximum Gasteiger partial charge on any atom is 0.342 e. The number of halogens is 1. The number of nitrogens with zero attached hydrogens (tertiary/aromatic N) is 3. The third-order valence-electron chi connectivity index (χ3n) is 4.14. The largest absolute Gasteiger partial charge is 0.449 e. The van der Waals surface area contributed by atoms with Gasteiger partial charge in [0.05, 0.1) is 5.69 Å². The Morgan fingerprint density at radius 1 is 1.07 bits per heavy atom. The van der Waals surface area contributed by atoms with Gasteiger partial charge in [-0.15, -0.1) is 0 Å². The second kappa shape index (κ2) is 8.27. The Hall–Kier alpha value is -3.12. The van der Waals surface area contributed by atoms with Crippen LogP contribution in [-0.2, 0) is 9.53 Å². The van der Waals surface area contributed by atoms with Crippen molar-refractivity contribution < 1.29 is 14.3 Å². The highest BCUT2D eigenvalue weighted by molar-refractivity contribution is 6.30. The van der Waals surface area contributed by atoms with Crippen molar-refractivity contribution in [1.29, 1.82) is 0 Å². The van der Waals surface area contributed by atoms with E-state index < -0.39 is 12.1 Å². The molecule has 7 heteroatoms. The standard InChI is InChI=1S/C21H20ClN3O3/c1-14(20(26)24(2)3)28-21(27)18-13-25(17-7-5-4-6-8-17)23-19(18)15-9-11-16(22)12-10-15/h4-14H,1-3H3/t14-/m0/s1. The fourth-order valence-electron chi connectivity index (χ4n) is 2.70. The summed E-state index contributed by atoms with van der Waals surface area (Å²) < 4.78 is 7.00. The second-order valence-electron chi connectivity index (χ2n) is 6.46. The Balaban J connectivity index is 2.00. The van der Waals surface area contributed by atoms with Crippen LogP contribution in [-0.4, -0.2) is 46.8 Å². The van der Waals surface area contributed by atoms with E-state index in [4.69, 9.17) is 16.3 Å². The van der Waals surface area contributed by atoms with Gasteiger partial charge in [0.2, 0.25) is 0 Å². The Morgan fingerprint density at radius 2 is 1.71 bits per heavy atom. The van der Waals surface area contributed by atoms with E-state index in [0.29, 0.717) is 10.7 Å². The first-order valence-electron chi connectivity index (χ1n) is 8.70. The number of benzene rings is 2. The first kappa shape index (κ1) is 19.6. The number of esters is 1. The van der Waals surface area contributed by atoms with Crippen LogP contribution in [0, 0.1) is 0 Å². The van der Waals surface area contributed by atoms with Gasteiger partial charge >= 0.3 is 5.97 Å². The molecule has 0 fully saturated rings. The molecule has 1 heterocycles. The van der Waals surface area contributed by atoms with Crippen molar-refractivity contribution in [3.8, 4) is 16.9 Å². The number of ether oxygens (including phenoxy) is 1. The minimum absolute atomic E-state index is 0.268. The Morgan fingerprint density at radius 3 is 2.32 bits per heavy atom. The number of carbonyl (C=O) groups is 2. The van der Waals surface area contributed by atoms with Gasteiger partial charge in [-0.3, -0.25) is 4.79 Å². The molecule has 1 atom stereocenters. The van der Waals surface area contributed by atoms with Gasteiger partial charge in [0.25, 0.3) is 5.91 Å². The average molecular weight is 398 g/mol. The number of hydrogen-bond donors (Lipinski definition) is 0. The summed E-state index contributed by atoms with van der Waals surface area (Å²) >= 11 is 5.98. The zero-order chi connectivity index (χ0) is 20.3. The number of rotatable bonds is 5. The number of carbonyl (C=O) groups excluding carboxylic acids is 2. The van der Waals surface area contributed by atoms with E-state index in [2.05, 4.69) is 5.10 Å². The lowest BCUT2D eigenvalue weighted by atomic mass is 10.1. The van der Waals surface area contributed by atoms with Crippen molar-refractivity contribution in [2.24, 2.45) is 0 Å². The van der Waals surface area contributed by atoms with E-state index in [-0.39, 0.29) is 11.5 Å². The molecule has 0 aliphatic heterocycles. The molecule has 0 aliphatic rings. The molecule has 3 rings (SSSR count). The Labute approximate surface area is 168 Å². The van der Waals surface area contributed by atoms with Gasteiger partial charge < -0.3 is 9.64 Å². The van der Waals surface area contributed by atoms with E-state index in [1.165, 1.54) is 4.90 Å². The molecule has 0 saturated heterocycles. The van der Waals surface area contributed by atoms with E-state index in [1.807, 2.05) is 30.3 Å². The van der Waals surface area contributed by atoms with Crippen molar-refractivity contribution in [2.75, 3.05) is 14.1 Å². The highest BCUT2D eigenvalue weighted by Gasteiger charge is 2.25. The van der Waals surface area contributed by atoms with Crippen molar-refractivity contribution in [2.45, 2.75) is 13.0 Å². The molecule has 1 amide bonds. The molecule has 0 radical (unpaired) electrons. The predicted octanol–water partition coefficient (Wildman–Crippen LogP) is 3.83. The smallest absolute Gasteiger partial charge is 0.342 e. The maximum absolute atomic E-state index is 12.8. The summed E-state index contributed by atoms with van der Waals surface area (Å²) in [5.41, 5.74) is 2.24. The number of aromatic nitrogens is 2. The van der Waals surface area contributed by atoms with E-state index in [0.717, 1.165) is 11.3 Å². The lowest BCUT2D eigenvalue weighted by molar-refractivity contribution is -0.137. The third-order valence-corrected chi connectivity index (χ3v) is 4.40. The molecule has 0 saturated carbocycles. The minimum Gasteiger partial charge on any atom is -0.449 e. The summed E-state index contributed by atoms with van der Waals surface area (Å²) in [5.74, 6) is -0.910. The van der Waals surface area contributed by atoms with Crippen molar-refractivity contribution in [1.82, 2.24) is 14.7 Å². The zero-order valence-electron chi connectivity index (χ0n) is 15.8. The summed E-state index contributed by atoms with van der Waals surface area (Å²) in [6.07, 6.45) is 0.703. The summed E-state index contributed by atoms with van der Waals surface area (Å²) in [4.78, 5) is 26.2. The van der Waals surface area contributed by atoms with Crippen LogP contribution in [0.25, 0.3) is 16.9 Å². The SMILES string of the molecule is C[C@H](OC(=O)c1cn(-c2ccccc2)nc1-c1ccc(Cl)cc1)C(=O)N(C)C. The number of likely N-dealkylation sites (N-methyl/N-ethyl adjacent to an activating group) is 1. The fourth-order valence-corrected chi connectivity index (χ4v) is 2.82. The lowest BCUT2D eigenvalue weighted by Gasteiger charge is -2.17. The van der Waals surface area contributed by atoms with Gasteiger partial charge in [-0.1, -0.05) is 41.9 Å². The van der Waals surface area contributed by atoms with Crippen molar-refractivity contribution in [3.05, 3.63) is 71.4 Å². The molecule has 1 aromatic heterocycles. The van der Waals surface area contributed by atoms with E-state index >= 15 is 0 Å². The first-order valence-corrected chi connectivity index (χ1v) is 9.08. The molecule has 3 aromatic rings. The molecular formula is C21H20ClN3O3. The van der Waals surface area contributed by atoms with Crippen LogP contribution in [0.4, 0.5) is 0 Å². The molecule has 0 unspecified atom stereocenters. The van der Waals surface area contributed by atoms with Crippen LogP contribution < -0.4 is 0 Å². The van der Waals surface area contributed by atoms with Gasteiger partial charge in [-0.2, -0.15) is 5.10 Å². The van der Waals surface area contributed by atoms with Gasteiger partial charge in [-0.05, 0) is 31.2 Å². The fraction of sp³-hybridized carbons (Fsp3) is 0.190. The highest BCUT2D eigenvalue weighted by atomic mass is 35.5. The molecular weight excluding hydrogens is 378 g/mol. The first-order chi connectivity index (χ1) is 13.4. The molecule has 0 aliphatic carbocycles. The topological polar surface area (TPSA) is 64.4 Å². The zero-order valence-corrected chi connectivity index (χ0v) is 16.6. The van der Waals surface area contributed by atoms with Gasteiger partial charge in [0.1, 0.15) is 11.3 Å². The van der Waals surface area contributed by atoms with E-state index in [1.54, 1.807) is 56.2 Å². The van der Waals surface area contributed by atoms with Crippen LogP contribution in [0.1, 0.15) is 17.3 Å². The van der Waals surface area contributed by atoms with E-state index in [9.17, 15) is 9.59 Å². The summed E-state index contributed by atoms with van der Waals surface area (Å²) in [6.45, 7) is 1.55. The van der Waals surface area contributed by atoms with Crippen LogP contribution >= 0.6 is 11.6 Å².